The highest BCUT2D eigenvalue weighted by molar-refractivity contribution is 5.78. The number of likely N-dealkylation sites (N-methyl/N-ethyl adjacent to an activating group) is 1. The van der Waals surface area contributed by atoms with E-state index >= 15 is 0 Å². The highest BCUT2D eigenvalue weighted by Crippen LogP contribution is 2.27. The minimum Gasteiger partial charge on any atom is -0.484 e. The highest BCUT2D eigenvalue weighted by atomic mass is 19.4. The Labute approximate surface area is 140 Å². The van der Waals surface area contributed by atoms with Gasteiger partial charge in [0.2, 0.25) is 5.91 Å². The summed E-state index contributed by atoms with van der Waals surface area (Å²) in [7, 11) is 1.84. The third kappa shape index (κ3) is 6.03. The van der Waals surface area contributed by atoms with E-state index in [1.165, 1.54) is 0 Å². The van der Waals surface area contributed by atoms with E-state index in [9.17, 15) is 18.0 Å². The molecule has 7 heteroatoms. The smallest absolute Gasteiger partial charge is 0.422 e. The Morgan fingerprint density at radius 2 is 1.88 bits per heavy atom. The summed E-state index contributed by atoms with van der Waals surface area (Å²) in [6.45, 7) is 2.99. The first-order chi connectivity index (χ1) is 11.1. The van der Waals surface area contributed by atoms with Gasteiger partial charge < -0.3 is 10.1 Å². The summed E-state index contributed by atoms with van der Waals surface area (Å²) in [5.74, 6) is 0.267. The number of hydrogen-bond donors (Lipinski definition) is 1. The van der Waals surface area contributed by atoms with Crippen LogP contribution in [0.3, 0.4) is 0 Å². The van der Waals surface area contributed by atoms with E-state index in [-0.39, 0.29) is 11.7 Å². The van der Waals surface area contributed by atoms with Gasteiger partial charge in [0.05, 0.1) is 6.54 Å². The molecule has 1 amide bonds. The monoisotopic (exact) mass is 344 g/mol. The van der Waals surface area contributed by atoms with Crippen molar-refractivity contribution in [2.24, 2.45) is 0 Å². The largest absolute Gasteiger partial charge is 0.484 e. The van der Waals surface area contributed by atoms with Gasteiger partial charge in [0, 0.05) is 12.6 Å². The van der Waals surface area contributed by atoms with Gasteiger partial charge in [-0.25, -0.2) is 0 Å². The van der Waals surface area contributed by atoms with Crippen LogP contribution in [-0.4, -0.2) is 43.2 Å². The number of rotatable bonds is 7. The van der Waals surface area contributed by atoms with E-state index < -0.39 is 12.8 Å². The van der Waals surface area contributed by atoms with Gasteiger partial charge in [-0.15, -0.1) is 0 Å². The maximum atomic E-state index is 12.3. The van der Waals surface area contributed by atoms with Gasteiger partial charge in [0.15, 0.2) is 6.61 Å². The van der Waals surface area contributed by atoms with Crippen molar-refractivity contribution in [3.63, 3.8) is 0 Å². The Hall–Kier alpha value is -1.76. The predicted octanol–water partition coefficient (Wildman–Crippen LogP) is 2.95. The summed E-state index contributed by atoms with van der Waals surface area (Å²) in [4.78, 5) is 13.7. The molecule has 134 valence electrons. The second-order valence-corrected chi connectivity index (χ2v) is 6.48. The molecule has 0 aliphatic heterocycles. The number of hydrogen-bond acceptors (Lipinski definition) is 3. The Balaban J connectivity index is 1.94. The molecule has 0 saturated heterocycles. The topological polar surface area (TPSA) is 41.6 Å². The van der Waals surface area contributed by atoms with E-state index in [0.29, 0.717) is 30.3 Å². The third-order valence-corrected chi connectivity index (χ3v) is 3.71. The fraction of sp³-hybridized carbons (Fsp3) is 0.588. The van der Waals surface area contributed by atoms with Crippen LogP contribution < -0.4 is 10.1 Å². The van der Waals surface area contributed by atoms with E-state index in [4.69, 9.17) is 4.74 Å². The van der Waals surface area contributed by atoms with Crippen LogP contribution in [-0.2, 0) is 11.3 Å². The first-order valence-corrected chi connectivity index (χ1v) is 7.91. The zero-order valence-corrected chi connectivity index (χ0v) is 14.2. The van der Waals surface area contributed by atoms with Crippen LogP contribution in [0.4, 0.5) is 13.2 Å². The third-order valence-electron chi connectivity index (χ3n) is 3.71. The van der Waals surface area contributed by atoms with Crippen molar-refractivity contribution in [3.05, 3.63) is 28.8 Å². The molecule has 0 atom stereocenters. The normalized spacial score (nSPS) is 14.8. The average molecular weight is 344 g/mol. The van der Waals surface area contributed by atoms with Crippen LogP contribution in [0.25, 0.3) is 0 Å². The van der Waals surface area contributed by atoms with E-state index in [2.05, 4.69) is 5.32 Å². The second-order valence-electron chi connectivity index (χ2n) is 6.48. The van der Waals surface area contributed by atoms with Crippen LogP contribution in [0.5, 0.6) is 5.75 Å². The lowest BCUT2D eigenvalue weighted by molar-refractivity contribution is -0.153. The van der Waals surface area contributed by atoms with E-state index in [1.807, 2.05) is 11.9 Å². The Morgan fingerprint density at radius 3 is 2.38 bits per heavy atom. The summed E-state index contributed by atoms with van der Waals surface area (Å²) >= 11 is 0. The summed E-state index contributed by atoms with van der Waals surface area (Å²) in [5, 5.41) is 2.93. The lowest BCUT2D eigenvalue weighted by Gasteiger charge is -2.19. The van der Waals surface area contributed by atoms with Crippen LogP contribution in [0, 0.1) is 13.8 Å². The van der Waals surface area contributed by atoms with Crippen LogP contribution >= 0.6 is 0 Å². The predicted molar refractivity (Wildman–Crippen MR) is 85.0 cm³/mol. The van der Waals surface area contributed by atoms with Crippen molar-refractivity contribution in [2.75, 3.05) is 20.2 Å². The maximum absolute atomic E-state index is 12.3. The standard InChI is InChI=1S/C17H23F3N2O2/c1-11-6-13(7-12(2)16(11)24-10-17(18,19)20)8-22(3)9-15(23)21-14-4-5-14/h6-7,14H,4-5,8-10H2,1-3H3,(H,21,23). The Bertz CT molecular complexity index is 575. The lowest BCUT2D eigenvalue weighted by Crippen LogP contribution is -2.35. The van der Waals surface area contributed by atoms with Crippen LogP contribution in [0.15, 0.2) is 12.1 Å². The lowest BCUT2D eigenvalue weighted by atomic mass is 10.1. The minimum atomic E-state index is -4.35. The van der Waals surface area contributed by atoms with E-state index in [1.54, 1.807) is 26.0 Å². The zero-order chi connectivity index (χ0) is 17.9. The van der Waals surface area contributed by atoms with Gasteiger partial charge in [0.1, 0.15) is 5.75 Å². The molecule has 0 aromatic heterocycles. The molecule has 1 N–H and O–H groups in total. The van der Waals surface area contributed by atoms with Gasteiger partial charge in [-0.2, -0.15) is 13.2 Å². The van der Waals surface area contributed by atoms with Gasteiger partial charge in [-0.1, -0.05) is 12.1 Å². The molecule has 0 heterocycles. The molecule has 2 rings (SSSR count). The van der Waals surface area contributed by atoms with Crippen molar-refractivity contribution in [1.82, 2.24) is 10.2 Å². The molecule has 0 unspecified atom stereocenters. The maximum Gasteiger partial charge on any atom is 0.422 e. The zero-order valence-electron chi connectivity index (χ0n) is 14.2. The van der Waals surface area contributed by atoms with Crippen molar-refractivity contribution in [3.8, 4) is 5.75 Å². The SMILES string of the molecule is Cc1cc(CN(C)CC(=O)NC2CC2)cc(C)c1OCC(F)(F)F. The van der Waals surface area contributed by atoms with Gasteiger partial charge >= 0.3 is 6.18 Å². The molecule has 24 heavy (non-hydrogen) atoms. The molecule has 1 aromatic carbocycles. The summed E-state index contributed by atoms with van der Waals surface area (Å²) in [6, 6.07) is 3.93. The van der Waals surface area contributed by atoms with Gasteiger partial charge in [-0.05, 0) is 50.4 Å². The fourth-order valence-electron chi connectivity index (χ4n) is 2.63. The Kier molecular flexibility index (Phi) is 5.74. The minimum absolute atomic E-state index is 0.00132. The number of halogens is 3. The van der Waals surface area contributed by atoms with Crippen molar-refractivity contribution in [1.29, 1.82) is 0 Å². The number of carbonyl (C=O) groups excluding carboxylic acids is 1. The number of amides is 1. The number of nitrogens with zero attached hydrogens (tertiary/aromatic N) is 1. The van der Waals surface area contributed by atoms with Crippen molar-refractivity contribution < 1.29 is 22.7 Å². The van der Waals surface area contributed by atoms with Crippen LogP contribution in [0.2, 0.25) is 0 Å². The molecule has 1 aromatic rings. The van der Waals surface area contributed by atoms with Gasteiger partial charge in [-0.3, -0.25) is 9.69 Å². The quantitative estimate of drug-likeness (QED) is 0.827. The summed E-state index contributed by atoms with van der Waals surface area (Å²) in [6.07, 6.45) is -2.26. The van der Waals surface area contributed by atoms with Crippen LogP contribution in [0.1, 0.15) is 29.5 Å². The average Bonchev–Trinajstić information content (AvgIpc) is 3.19. The number of benzene rings is 1. The molecule has 1 fully saturated rings. The molecule has 0 spiro atoms. The molecule has 0 radical (unpaired) electrons. The molecule has 1 saturated carbocycles. The first-order valence-electron chi connectivity index (χ1n) is 7.91. The fourth-order valence-corrected chi connectivity index (χ4v) is 2.63. The summed E-state index contributed by atoms with van der Waals surface area (Å²) < 4.78 is 41.8. The number of alkyl halides is 3. The molecule has 4 nitrogen and oxygen atoms in total. The molecule has 1 aliphatic carbocycles. The molecule has 1 aliphatic rings. The number of aryl methyl sites for hydroxylation is 2. The first kappa shape index (κ1) is 18.6. The van der Waals surface area contributed by atoms with E-state index in [0.717, 1.165) is 18.4 Å². The number of nitrogens with one attached hydrogen (secondary N) is 1. The highest BCUT2D eigenvalue weighted by Gasteiger charge is 2.29. The number of carbonyl (C=O) groups is 1. The molecular weight excluding hydrogens is 321 g/mol. The molecular formula is C17H23F3N2O2. The van der Waals surface area contributed by atoms with Crippen molar-refractivity contribution in [2.45, 2.75) is 45.5 Å². The summed E-state index contributed by atoms with van der Waals surface area (Å²) in [5.41, 5.74) is 2.25. The van der Waals surface area contributed by atoms with Gasteiger partial charge in [0.25, 0.3) is 0 Å². The second kappa shape index (κ2) is 7.42. The van der Waals surface area contributed by atoms with Crippen molar-refractivity contribution >= 4 is 5.91 Å². The molecule has 0 bridgehead atoms. The number of ether oxygens (including phenoxy) is 1. The Morgan fingerprint density at radius 1 is 1.29 bits per heavy atom.